The number of anilines is 1. The fourth-order valence-corrected chi connectivity index (χ4v) is 4.76. The van der Waals surface area contributed by atoms with E-state index in [9.17, 15) is 9.59 Å². The summed E-state index contributed by atoms with van der Waals surface area (Å²) in [4.78, 5) is 30.4. The monoisotopic (exact) mass is 439 g/mol. The maximum atomic E-state index is 12.1. The Hall–Kier alpha value is -2.48. The zero-order valence-electron chi connectivity index (χ0n) is 17.5. The van der Waals surface area contributed by atoms with Crippen molar-refractivity contribution in [2.75, 3.05) is 12.4 Å². The number of nitrogens with zero attached hydrogens (tertiary/aromatic N) is 1. The maximum Gasteiger partial charge on any atom is 0.256 e. The van der Waals surface area contributed by atoms with E-state index in [0.717, 1.165) is 22.6 Å². The van der Waals surface area contributed by atoms with Crippen LogP contribution < -0.4 is 10.6 Å². The molecule has 0 fully saturated rings. The van der Waals surface area contributed by atoms with Crippen LogP contribution in [0, 0.1) is 0 Å². The Morgan fingerprint density at radius 2 is 1.90 bits per heavy atom. The largest absolute Gasteiger partial charge is 0.321 e. The van der Waals surface area contributed by atoms with Gasteiger partial charge in [-0.25, -0.2) is 4.98 Å². The molecule has 2 heterocycles. The first-order valence-electron chi connectivity index (χ1n) is 9.59. The van der Waals surface area contributed by atoms with E-state index in [0.29, 0.717) is 16.8 Å². The van der Waals surface area contributed by atoms with E-state index in [1.165, 1.54) is 21.6 Å². The first kappa shape index (κ1) is 22.2. The zero-order chi connectivity index (χ0) is 21.7. The average molecular weight is 440 g/mol. The molecule has 2 N–H and O–H groups in total. The third-order valence-electron chi connectivity index (χ3n) is 4.29. The molecular formula is C23H25N3O2S2. The topological polar surface area (TPSA) is 71.1 Å². The molecule has 0 bridgehead atoms. The van der Waals surface area contributed by atoms with E-state index in [2.05, 4.69) is 36.4 Å². The lowest BCUT2D eigenvalue weighted by Crippen LogP contribution is -2.11. The Morgan fingerprint density at radius 1 is 1.13 bits per heavy atom. The van der Waals surface area contributed by atoms with Crippen LogP contribution >= 0.6 is 23.1 Å². The second kappa shape index (κ2) is 9.55. The molecule has 1 aliphatic rings. The van der Waals surface area contributed by atoms with Crippen molar-refractivity contribution in [1.29, 1.82) is 0 Å². The van der Waals surface area contributed by atoms with Crippen molar-refractivity contribution in [3.8, 4) is 0 Å². The van der Waals surface area contributed by atoms with Gasteiger partial charge in [-0.2, -0.15) is 0 Å². The Kier molecular flexibility index (Phi) is 7.07. The van der Waals surface area contributed by atoms with Gasteiger partial charge in [0.25, 0.3) is 5.91 Å². The molecule has 0 saturated carbocycles. The summed E-state index contributed by atoms with van der Waals surface area (Å²) in [6, 6.07) is 12.8. The lowest BCUT2D eigenvalue weighted by Gasteiger charge is -2.13. The van der Waals surface area contributed by atoms with E-state index in [4.69, 9.17) is 0 Å². The Morgan fingerprint density at radius 3 is 2.57 bits per heavy atom. The molecule has 2 aromatic carbocycles. The van der Waals surface area contributed by atoms with Crippen LogP contribution in [-0.2, 0) is 12.0 Å². The molecule has 0 saturated heterocycles. The van der Waals surface area contributed by atoms with Crippen LogP contribution in [0.4, 0.5) is 5.69 Å². The molecule has 156 valence electrons. The SMILES string of the molecule is CNCc1cnc(C(C)(C)C)s1.O=Cc1ccc2c(c1)NC(=O)c1ccccc1S2. The third kappa shape index (κ3) is 5.36. The number of rotatable bonds is 3. The molecule has 4 rings (SSSR count). The predicted molar refractivity (Wildman–Crippen MR) is 124 cm³/mol. The van der Waals surface area contributed by atoms with E-state index in [-0.39, 0.29) is 11.3 Å². The minimum atomic E-state index is -0.139. The van der Waals surface area contributed by atoms with Crippen molar-refractivity contribution < 1.29 is 9.59 Å². The van der Waals surface area contributed by atoms with Gasteiger partial charge in [0.2, 0.25) is 0 Å². The van der Waals surface area contributed by atoms with Gasteiger partial charge in [0.05, 0.1) is 16.3 Å². The Bertz CT molecular complexity index is 1050. The molecule has 30 heavy (non-hydrogen) atoms. The smallest absolute Gasteiger partial charge is 0.256 e. The predicted octanol–water partition coefficient (Wildman–Crippen LogP) is 5.38. The van der Waals surface area contributed by atoms with Crippen molar-refractivity contribution >= 4 is 41.0 Å². The number of aromatic nitrogens is 1. The first-order chi connectivity index (χ1) is 14.3. The molecule has 7 heteroatoms. The second-order valence-corrected chi connectivity index (χ2v) is 10.0. The summed E-state index contributed by atoms with van der Waals surface area (Å²) in [5, 5.41) is 7.17. The van der Waals surface area contributed by atoms with Crippen LogP contribution in [0.25, 0.3) is 0 Å². The molecule has 0 atom stereocenters. The molecule has 1 aliphatic heterocycles. The fourth-order valence-electron chi connectivity index (χ4n) is 2.77. The van der Waals surface area contributed by atoms with E-state index in [1.807, 2.05) is 37.5 Å². The molecule has 0 radical (unpaired) electrons. The fraction of sp³-hybridized carbons (Fsp3) is 0.261. The summed E-state index contributed by atoms with van der Waals surface area (Å²) in [5.41, 5.74) is 2.09. The maximum absolute atomic E-state index is 12.1. The molecule has 5 nitrogen and oxygen atoms in total. The van der Waals surface area contributed by atoms with Crippen molar-refractivity contribution in [2.45, 2.75) is 42.5 Å². The summed E-state index contributed by atoms with van der Waals surface area (Å²) >= 11 is 3.32. The number of thiazole rings is 1. The standard InChI is InChI=1S/C14H9NO2S.C9H16N2S/c16-8-9-5-6-13-11(7-9)15-14(17)10-3-1-2-4-12(10)18-13;1-9(2,3)8-11-6-7(12-8)5-10-4/h1-8H,(H,15,17);6,10H,5H2,1-4H3. The number of amides is 1. The molecular weight excluding hydrogens is 414 g/mol. The van der Waals surface area contributed by atoms with Crippen molar-refractivity contribution in [3.63, 3.8) is 0 Å². The Balaban J connectivity index is 0.000000187. The van der Waals surface area contributed by atoms with Crippen molar-refractivity contribution in [3.05, 3.63) is 69.7 Å². The van der Waals surface area contributed by atoms with Gasteiger partial charge in [0, 0.05) is 38.4 Å². The van der Waals surface area contributed by atoms with Gasteiger partial charge in [0.1, 0.15) is 6.29 Å². The number of hydrogen-bond donors (Lipinski definition) is 2. The van der Waals surface area contributed by atoms with Gasteiger partial charge < -0.3 is 10.6 Å². The van der Waals surface area contributed by atoms with Crippen LogP contribution in [0.3, 0.4) is 0 Å². The second-order valence-electron chi connectivity index (χ2n) is 7.84. The summed E-state index contributed by atoms with van der Waals surface area (Å²) in [5.74, 6) is -0.139. The van der Waals surface area contributed by atoms with Gasteiger partial charge in [0.15, 0.2) is 0 Å². The zero-order valence-corrected chi connectivity index (χ0v) is 19.1. The van der Waals surface area contributed by atoms with E-state index >= 15 is 0 Å². The van der Waals surface area contributed by atoms with Gasteiger partial charge in [-0.15, -0.1) is 11.3 Å². The first-order valence-corrected chi connectivity index (χ1v) is 11.2. The number of carbonyl (C=O) groups excluding carboxylic acids is 2. The number of hydrogen-bond acceptors (Lipinski definition) is 6. The lowest BCUT2D eigenvalue weighted by atomic mass is 9.98. The van der Waals surface area contributed by atoms with Crippen LogP contribution in [-0.4, -0.2) is 24.2 Å². The highest BCUT2D eigenvalue weighted by atomic mass is 32.2. The van der Waals surface area contributed by atoms with Crippen LogP contribution in [0.15, 0.2) is 58.5 Å². The van der Waals surface area contributed by atoms with Gasteiger partial charge in [-0.05, 0) is 31.3 Å². The third-order valence-corrected chi connectivity index (χ3v) is 6.86. The number of carbonyl (C=O) groups is 2. The lowest BCUT2D eigenvalue weighted by molar-refractivity contribution is 0.102. The quantitative estimate of drug-likeness (QED) is 0.537. The summed E-state index contributed by atoms with van der Waals surface area (Å²) in [6.45, 7) is 7.49. The van der Waals surface area contributed by atoms with Gasteiger partial charge in [-0.1, -0.05) is 50.7 Å². The summed E-state index contributed by atoms with van der Waals surface area (Å²) in [7, 11) is 1.95. The Labute approximate surface area is 185 Å². The number of fused-ring (bicyclic) bond motifs is 2. The van der Waals surface area contributed by atoms with Gasteiger partial charge >= 0.3 is 0 Å². The summed E-state index contributed by atoms with van der Waals surface area (Å²) in [6.07, 6.45) is 2.73. The normalized spacial score (nSPS) is 12.6. The molecule has 0 spiro atoms. The highest BCUT2D eigenvalue weighted by molar-refractivity contribution is 7.99. The molecule has 0 unspecified atom stereocenters. The number of nitrogens with one attached hydrogen (secondary N) is 2. The molecule has 0 aliphatic carbocycles. The van der Waals surface area contributed by atoms with E-state index in [1.54, 1.807) is 29.5 Å². The minimum Gasteiger partial charge on any atom is -0.321 e. The summed E-state index contributed by atoms with van der Waals surface area (Å²) < 4.78 is 0. The van der Waals surface area contributed by atoms with E-state index < -0.39 is 0 Å². The van der Waals surface area contributed by atoms with Gasteiger partial charge in [-0.3, -0.25) is 9.59 Å². The number of aldehydes is 1. The van der Waals surface area contributed by atoms with Crippen molar-refractivity contribution in [2.24, 2.45) is 0 Å². The van der Waals surface area contributed by atoms with Crippen LogP contribution in [0.2, 0.25) is 0 Å². The molecule has 1 amide bonds. The van der Waals surface area contributed by atoms with Crippen LogP contribution in [0.1, 0.15) is 51.4 Å². The van der Waals surface area contributed by atoms with Crippen molar-refractivity contribution in [1.82, 2.24) is 10.3 Å². The molecule has 3 aromatic rings. The molecule has 1 aromatic heterocycles. The minimum absolute atomic E-state index is 0.139. The van der Waals surface area contributed by atoms with Crippen LogP contribution in [0.5, 0.6) is 0 Å². The average Bonchev–Trinajstić information content (AvgIpc) is 3.14. The number of benzene rings is 2. The highest BCUT2D eigenvalue weighted by Gasteiger charge is 2.19. The highest BCUT2D eigenvalue weighted by Crippen LogP contribution is 2.38.